The van der Waals surface area contributed by atoms with Crippen molar-refractivity contribution in [3.63, 3.8) is 0 Å². The molecule has 2 amide bonds. The maximum Gasteiger partial charge on any atom is 0.339 e. The Labute approximate surface area is 168 Å². The number of nitrogens with zero attached hydrogens (tertiary/aromatic N) is 2. The molecular weight excluding hydrogens is 370 g/mol. The third kappa shape index (κ3) is 4.95. The molecule has 0 fully saturated rings. The molecule has 0 spiro atoms. The highest BCUT2D eigenvalue weighted by Gasteiger charge is 2.17. The van der Waals surface area contributed by atoms with Crippen LogP contribution in [0.1, 0.15) is 10.4 Å². The lowest BCUT2D eigenvalue weighted by Gasteiger charge is -2.12. The zero-order chi connectivity index (χ0) is 20.8. The van der Waals surface area contributed by atoms with E-state index < -0.39 is 18.5 Å². The fraction of sp³-hybridized carbons (Fsp3) is 0.182. The SMILES string of the molecule is CN(C)C(=O)CNC(=O)COC(=O)c1cc(-c2ccccc2)nc2ccccc12. The van der Waals surface area contributed by atoms with E-state index in [-0.39, 0.29) is 12.5 Å². The predicted molar refractivity (Wildman–Crippen MR) is 109 cm³/mol. The largest absolute Gasteiger partial charge is 0.452 e. The zero-order valence-corrected chi connectivity index (χ0v) is 16.2. The number of pyridine rings is 1. The smallest absolute Gasteiger partial charge is 0.339 e. The maximum atomic E-state index is 12.7. The fourth-order valence-electron chi connectivity index (χ4n) is 2.69. The molecule has 7 heteroatoms. The number of para-hydroxylation sites is 1. The first-order valence-corrected chi connectivity index (χ1v) is 9.05. The van der Waals surface area contributed by atoms with Gasteiger partial charge in [-0.05, 0) is 12.1 Å². The van der Waals surface area contributed by atoms with E-state index >= 15 is 0 Å². The third-order valence-electron chi connectivity index (χ3n) is 4.28. The summed E-state index contributed by atoms with van der Waals surface area (Å²) in [5.41, 5.74) is 2.48. The Kier molecular flexibility index (Phi) is 6.19. The normalized spacial score (nSPS) is 10.4. The van der Waals surface area contributed by atoms with Gasteiger partial charge in [-0.25, -0.2) is 9.78 Å². The standard InChI is InChI=1S/C22H21N3O4/c1-25(2)21(27)13-23-20(26)14-29-22(28)17-12-19(15-8-4-3-5-9-15)24-18-11-7-6-10-16(17)18/h3-12H,13-14H2,1-2H3,(H,23,26). The van der Waals surface area contributed by atoms with E-state index in [1.807, 2.05) is 48.5 Å². The molecule has 0 saturated carbocycles. The molecular formula is C22H21N3O4. The number of hydrogen-bond donors (Lipinski definition) is 1. The van der Waals surface area contributed by atoms with Crippen molar-refractivity contribution in [2.75, 3.05) is 27.2 Å². The number of nitrogens with one attached hydrogen (secondary N) is 1. The number of ether oxygens (including phenoxy) is 1. The predicted octanol–water partition coefficient (Wildman–Crippen LogP) is 2.26. The number of carbonyl (C=O) groups excluding carboxylic acids is 3. The van der Waals surface area contributed by atoms with E-state index in [4.69, 9.17) is 4.74 Å². The summed E-state index contributed by atoms with van der Waals surface area (Å²) in [5.74, 6) is -1.43. The van der Waals surface area contributed by atoms with Gasteiger partial charge in [0.1, 0.15) is 0 Å². The lowest BCUT2D eigenvalue weighted by Crippen LogP contribution is -2.38. The van der Waals surface area contributed by atoms with Crippen LogP contribution in [0.3, 0.4) is 0 Å². The van der Waals surface area contributed by atoms with E-state index in [2.05, 4.69) is 10.3 Å². The van der Waals surface area contributed by atoms with Gasteiger partial charge < -0.3 is 15.0 Å². The Bertz CT molecular complexity index is 1050. The van der Waals surface area contributed by atoms with Crippen LogP contribution in [0, 0.1) is 0 Å². The average molecular weight is 391 g/mol. The number of likely N-dealkylation sites (N-methyl/N-ethyl adjacent to an activating group) is 1. The summed E-state index contributed by atoms with van der Waals surface area (Å²) >= 11 is 0. The topological polar surface area (TPSA) is 88.6 Å². The Balaban J connectivity index is 1.78. The Hall–Kier alpha value is -3.74. The fourth-order valence-corrected chi connectivity index (χ4v) is 2.69. The van der Waals surface area contributed by atoms with Crippen LogP contribution < -0.4 is 5.32 Å². The van der Waals surface area contributed by atoms with Crippen molar-refractivity contribution >= 4 is 28.7 Å². The molecule has 0 bridgehead atoms. The summed E-state index contributed by atoms with van der Waals surface area (Å²) < 4.78 is 5.18. The van der Waals surface area contributed by atoms with Gasteiger partial charge in [0.25, 0.3) is 5.91 Å². The van der Waals surface area contributed by atoms with Crippen LogP contribution >= 0.6 is 0 Å². The molecule has 1 aromatic heterocycles. The molecule has 0 saturated heterocycles. The van der Waals surface area contributed by atoms with Crippen molar-refractivity contribution in [3.8, 4) is 11.3 Å². The highest BCUT2D eigenvalue weighted by Crippen LogP contribution is 2.25. The zero-order valence-electron chi connectivity index (χ0n) is 16.2. The second-order valence-corrected chi connectivity index (χ2v) is 6.58. The number of aromatic nitrogens is 1. The molecule has 1 heterocycles. The van der Waals surface area contributed by atoms with Crippen molar-refractivity contribution in [3.05, 3.63) is 66.2 Å². The van der Waals surface area contributed by atoms with Crippen LogP contribution in [-0.4, -0.2) is 54.9 Å². The Morgan fingerprint density at radius 2 is 1.69 bits per heavy atom. The first-order chi connectivity index (χ1) is 14.0. The van der Waals surface area contributed by atoms with Crippen molar-refractivity contribution in [2.45, 2.75) is 0 Å². The van der Waals surface area contributed by atoms with Crippen molar-refractivity contribution in [2.24, 2.45) is 0 Å². The summed E-state index contributed by atoms with van der Waals surface area (Å²) in [7, 11) is 3.18. The summed E-state index contributed by atoms with van der Waals surface area (Å²) in [6.45, 7) is -0.628. The molecule has 2 aromatic carbocycles. The molecule has 7 nitrogen and oxygen atoms in total. The van der Waals surface area contributed by atoms with E-state index in [0.29, 0.717) is 22.2 Å². The lowest BCUT2D eigenvalue weighted by molar-refractivity contribution is -0.131. The van der Waals surface area contributed by atoms with Crippen molar-refractivity contribution in [1.29, 1.82) is 0 Å². The van der Waals surface area contributed by atoms with Crippen molar-refractivity contribution < 1.29 is 19.1 Å². The van der Waals surface area contributed by atoms with Gasteiger partial charge in [-0.1, -0.05) is 48.5 Å². The molecule has 0 unspecified atom stereocenters. The molecule has 3 aromatic rings. The van der Waals surface area contributed by atoms with Crippen LogP contribution in [0.25, 0.3) is 22.2 Å². The van der Waals surface area contributed by atoms with Crippen LogP contribution in [0.5, 0.6) is 0 Å². The number of carbonyl (C=O) groups is 3. The molecule has 29 heavy (non-hydrogen) atoms. The molecule has 0 aliphatic carbocycles. The Morgan fingerprint density at radius 1 is 1.00 bits per heavy atom. The van der Waals surface area contributed by atoms with Gasteiger partial charge in [0.15, 0.2) is 6.61 Å². The molecule has 0 aliphatic rings. The molecule has 1 N–H and O–H groups in total. The summed E-state index contributed by atoms with van der Waals surface area (Å²) in [6.07, 6.45) is 0. The Morgan fingerprint density at radius 3 is 2.41 bits per heavy atom. The van der Waals surface area contributed by atoms with Crippen LogP contribution in [0.15, 0.2) is 60.7 Å². The number of benzene rings is 2. The van der Waals surface area contributed by atoms with E-state index in [1.54, 1.807) is 26.2 Å². The van der Waals surface area contributed by atoms with Crippen LogP contribution in [0.2, 0.25) is 0 Å². The van der Waals surface area contributed by atoms with Crippen LogP contribution in [0.4, 0.5) is 0 Å². The van der Waals surface area contributed by atoms with Gasteiger partial charge in [0.05, 0.1) is 23.3 Å². The monoisotopic (exact) mass is 391 g/mol. The molecule has 0 aliphatic heterocycles. The quantitative estimate of drug-likeness (QED) is 0.651. The second kappa shape index (κ2) is 8.97. The lowest BCUT2D eigenvalue weighted by atomic mass is 10.0. The minimum atomic E-state index is -0.630. The number of fused-ring (bicyclic) bond motifs is 1. The van der Waals surface area contributed by atoms with Gasteiger partial charge in [0, 0.05) is 25.0 Å². The molecule has 0 atom stereocenters. The maximum absolute atomic E-state index is 12.7. The molecule has 0 radical (unpaired) electrons. The summed E-state index contributed by atoms with van der Waals surface area (Å²) in [4.78, 5) is 42.1. The average Bonchev–Trinajstić information content (AvgIpc) is 2.75. The van der Waals surface area contributed by atoms with Crippen molar-refractivity contribution in [1.82, 2.24) is 15.2 Å². The van der Waals surface area contributed by atoms with Gasteiger partial charge in [-0.2, -0.15) is 0 Å². The number of esters is 1. The summed E-state index contributed by atoms with van der Waals surface area (Å²) in [5, 5.41) is 3.06. The van der Waals surface area contributed by atoms with Crippen LogP contribution in [-0.2, 0) is 14.3 Å². The number of amides is 2. The minimum absolute atomic E-state index is 0.153. The number of hydrogen-bond acceptors (Lipinski definition) is 5. The summed E-state index contributed by atoms with van der Waals surface area (Å²) in [6, 6.07) is 18.4. The van der Waals surface area contributed by atoms with Gasteiger partial charge in [-0.3, -0.25) is 9.59 Å². The third-order valence-corrected chi connectivity index (χ3v) is 4.28. The van der Waals surface area contributed by atoms with Gasteiger partial charge >= 0.3 is 5.97 Å². The van der Waals surface area contributed by atoms with Gasteiger partial charge in [0.2, 0.25) is 5.91 Å². The first kappa shape index (κ1) is 20.0. The van der Waals surface area contributed by atoms with E-state index in [0.717, 1.165) is 5.56 Å². The van der Waals surface area contributed by atoms with E-state index in [9.17, 15) is 14.4 Å². The molecule has 3 rings (SSSR count). The minimum Gasteiger partial charge on any atom is -0.452 e. The highest BCUT2D eigenvalue weighted by atomic mass is 16.5. The highest BCUT2D eigenvalue weighted by molar-refractivity contribution is 6.05. The van der Waals surface area contributed by atoms with E-state index in [1.165, 1.54) is 4.90 Å². The molecule has 148 valence electrons. The van der Waals surface area contributed by atoms with Gasteiger partial charge in [-0.15, -0.1) is 0 Å². The second-order valence-electron chi connectivity index (χ2n) is 6.58. The number of rotatable bonds is 6. The first-order valence-electron chi connectivity index (χ1n) is 9.05.